The van der Waals surface area contributed by atoms with E-state index >= 15 is 0 Å². The van der Waals surface area contributed by atoms with Crippen molar-refractivity contribution < 1.29 is 23.8 Å². The number of anilines is 1. The fourth-order valence-corrected chi connectivity index (χ4v) is 4.46. The highest BCUT2D eigenvalue weighted by Crippen LogP contribution is 2.21. The van der Waals surface area contributed by atoms with Gasteiger partial charge in [0.25, 0.3) is 5.56 Å². The van der Waals surface area contributed by atoms with Gasteiger partial charge in [-0.05, 0) is 25.7 Å². The fraction of sp³-hybridized carbons (Fsp3) is 0.720. The van der Waals surface area contributed by atoms with E-state index in [0.717, 1.165) is 25.7 Å². The van der Waals surface area contributed by atoms with E-state index in [-0.39, 0.29) is 37.1 Å². The minimum atomic E-state index is -1.11. The van der Waals surface area contributed by atoms with Gasteiger partial charge in [0.05, 0.1) is 6.33 Å². The molecule has 0 saturated carbocycles. The normalized spacial score (nSPS) is 12.3. The summed E-state index contributed by atoms with van der Waals surface area (Å²) < 4.78 is 18.5. The molecule has 38 heavy (non-hydrogen) atoms. The second kappa shape index (κ2) is 14.2. The Morgan fingerprint density at radius 2 is 1.42 bits per heavy atom. The number of fused-ring (bicyclic) bond motifs is 1. The summed E-state index contributed by atoms with van der Waals surface area (Å²) in [6, 6.07) is 0. The SMILES string of the molecule is CCCC(N)(CCC)C(=O)OCC(COC(=O)C(N)(CCC)CCC)OCn1cnc2c(=O)[nH]c(N)nc21. The Labute approximate surface area is 222 Å². The van der Waals surface area contributed by atoms with Gasteiger partial charge in [-0.15, -0.1) is 0 Å². The standard InChI is InChI=1S/C25H43N7O6/c1-5-9-24(27,10-6-2)21(34)36-13-17(14-37-22(35)25(28,11-7-3)12-8-4)38-16-32-15-29-18-19(32)30-23(26)31-20(18)33/h15,17H,5-14,16,27-28H2,1-4H3,(H3,26,30,31,33). The molecule has 13 nitrogen and oxygen atoms in total. The molecule has 0 atom stereocenters. The zero-order valence-electron chi connectivity index (χ0n) is 23.0. The van der Waals surface area contributed by atoms with Crippen LogP contribution in [0, 0.1) is 0 Å². The van der Waals surface area contributed by atoms with E-state index in [2.05, 4.69) is 15.0 Å². The summed E-state index contributed by atoms with van der Waals surface area (Å²) in [5.74, 6) is -1.15. The smallest absolute Gasteiger partial charge is 0.326 e. The van der Waals surface area contributed by atoms with E-state index in [1.807, 2.05) is 27.7 Å². The Hall–Kier alpha value is -3.03. The third-order valence-electron chi connectivity index (χ3n) is 6.34. The first-order valence-corrected chi connectivity index (χ1v) is 13.3. The van der Waals surface area contributed by atoms with Crippen LogP contribution in [-0.2, 0) is 30.5 Å². The fourth-order valence-electron chi connectivity index (χ4n) is 4.46. The summed E-state index contributed by atoms with van der Waals surface area (Å²) in [5.41, 5.74) is 16.0. The minimum Gasteiger partial charge on any atom is -0.461 e. The van der Waals surface area contributed by atoms with Crippen LogP contribution >= 0.6 is 0 Å². The molecule has 2 heterocycles. The van der Waals surface area contributed by atoms with Gasteiger partial charge in [-0.2, -0.15) is 4.98 Å². The molecule has 0 aromatic carbocycles. The van der Waals surface area contributed by atoms with Gasteiger partial charge in [0, 0.05) is 0 Å². The number of carbonyl (C=O) groups excluding carboxylic acids is 2. The summed E-state index contributed by atoms with van der Waals surface area (Å²) >= 11 is 0. The predicted octanol–water partition coefficient (Wildman–Crippen LogP) is 1.73. The number of nitrogen functional groups attached to an aromatic ring is 1. The first kappa shape index (κ1) is 31.2. The molecule has 0 aliphatic rings. The number of hydrogen-bond acceptors (Lipinski definition) is 11. The number of hydrogen-bond donors (Lipinski definition) is 4. The molecule has 2 aromatic heterocycles. The number of aromatic nitrogens is 4. The Bertz CT molecular complexity index is 1070. The first-order chi connectivity index (χ1) is 18.0. The Balaban J connectivity index is 2.18. The quantitative estimate of drug-likeness (QED) is 0.214. The molecule has 2 aromatic rings. The van der Waals surface area contributed by atoms with E-state index in [1.165, 1.54) is 10.9 Å². The third kappa shape index (κ3) is 7.98. The average molecular weight is 538 g/mol. The van der Waals surface area contributed by atoms with Gasteiger partial charge in [-0.25, -0.2) is 4.98 Å². The third-order valence-corrected chi connectivity index (χ3v) is 6.34. The largest absolute Gasteiger partial charge is 0.461 e. The summed E-state index contributed by atoms with van der Waals surface area (Å²) in [5, 5.41) is 0. The molecule has 0 radical (unpaired) electrons. The lowest BCUT2D eigenvalue weighted by atomic mass is 9.90. The highest BCUT2D eigenvalue weighted by molar-refractivity contribution is 5.81. The lowest BCUT2D eigenvalue weighted by molar-refractivity contribution is -0.164. The van der Waals surface area contributed by atoms with Gasteiger partial charge in [0.2, 0.25) is 5.95 Å². The number of carbonyl (C=O) groups is 2. The summed E-state index contributed by atoms with van der Waals surface area (Å²) in [6.45, 7) is 7.25. The van der Waals surface area contributed by atoms with E-state index in [1.54, 1.807) is 0 Å². The van der Waals surface area contributed by atoms with Crippen molar-refractivity contribution in [1.29, 1.82) is 0 Å². The molecular formula is C25H43N7O6. The van der Waals surface area contributed by atoms with Crippen LogP contribution < -0.4 is 22.8 Å². The van der Waals surface area contributed by atoms with Crippen LogP contribution in [0.2, 0.25) is 0 Å². The van der Waals surface area contributed by atoms with Crippen LogP contribution in [0.15, 0.2) is 11.1 Å². The number of nitrogens with zero attached hydrogens (tertiary/aromatic N) is 3. The minimum absolute atomic E-state index is 0.0686. The van der Waals surface area contributed by atoms with Crippen molar-refractivity contribution >= 4 is 29.1 Å². The lowest BCUT2D eigenvalue weighted by Crippen LogP contribution is -2.50. The number of esters is 2. The van der Waals surface area contributed by atoms with Gasteiger partial charge in [-0.1, -0.05) is 53.4 Å². The molecule has 2 rings (SSSR count). The molecule has 0 aliphatic heterocycles. The molecule has 0 unspecified atom stereocenters. The highest BCUT2D eigenvalue weighted by atomic mass is 16.6. The molecule has 0 aliphatic carbocycles. The second-order valence-corrected chi connectivity index (χ2v) is 9.76. The second-order valence-electron chi connectivity index (χ2n) is 9.76. The van der Waals surface area contributed by atoms with Gasteiger partial charge in [-0.3, -0.25) is 23.9 Å². The maximum atomic E-state index is 12.9. The topological polar surface area (TPSA) is 203 Å². The van der Waals surface area contributed by atoms with Crippen LogP contribution in [-0.4, -0.2) is 61.9 Å². The Morgan fingerprint density at radius 1 is 0.947 bits per heavy atom. The molecule has 0 spiro atoms. The van der Waals surface area contributed by atoms with Gasteiger partial charge >= 0.3 is 11.9 Å². The number of H-pyrrole nitrogens is 1. The van der Waals surface area contributed by atoms with Crippen LogP contribution in [0.5, 0.6) is 0 Å². The van der Waals surface area contributed by atoms with Crippen LogP contribution in [0.1, 0.15) is 79.1 Å². The lowest BCUT2D eigenvalue weighted by Gasteiger charge is -2.29. The molecule has 214 valence electrons. The zero-order valence-corrected chi connectivity index (χ0v) is 23.0. The van der Waals surface area contributed by atoms with Crippen molar-refractivity contribution in [2.45, 2.75) is 103 Å². The van der Waals surface area contributed by atoms with Crippen molar-refractivity contribution in [3.05, 3.63) is 16.7 Å². The van der Waals surface area contributed by atoms with E-state index < -0.39 is 34.7 Å². The van der Waals surface area contributed by atoms with Gasteiger partial charge < -0.3 is 31.4 Å². The van der Waals surface area contributed by atoms with Crippen LogP contribution in [0.3, 0.4) is 0 Å². The maximum Gasteiger partial charge on any atom is 0.326 e. The molecule has 13 heteroatoms. The van der Waals surface area contributed by atoms with Gasteiger partial charge in [0.1, 0.15) is 37.1 Å². The van der Waals surface area contributed by atoms with Crippen molar-refractivity contribution in [2.24, 2.45) is 11.5 Å². The van der Waals surface area contributed by atoms with Crippen molar-refractivity contribution in [1.82, 2.24) is 19.5 Å². The predicted molar refractivity (Wildman–Crippen MR) is 143 cm³/mol. The number of nitrogens with one attached hydrogen (secondary N) is 1. The van der Waals surface area contributed by atoms with E-state index in [4.69, 9.17) is 31.4 Å². The van der Waals surface area contributed by atoms with Crippen molar-refractivity contribution in [2.75, 3.05) is 18.9 Å². The first-order valence-electron chi connectivity index (χ1n) is 13.3. The highest BCUT2D eigenvalue weighted by Gasteiger charge is 2.36. The van der Waals surface area contributed by atoms with Crippen molar-refractivity contribution in [3.63, 3.8) is 0 Å². The molecule has 0 saturated heterocycles. The molecule has 0 amide bonds. The number of aromatic amines is 1. The summed E-state index contributed by atoms with van der Waals surface area (Å²) in [6.07, 6.45) is 5.33. The molecular weight excluding hydrogens is 494 g/mol. The van der Waals surface area contributed by atoms with Crippen molar-refractivity contribution in [3.8, 4) is 0 Å². The number of ether oxygens (including phenoxy) is 3. The Kier molecular flexibility index (Phi) is 11.7. The number of nitrogens with two attached hydrogens (primary N) is 3. The van der Waals surface area contributed by atoms with E-state index in [0.29, 0.717) is 25.7 Å². The summed E-state index contributed by atoms with van der Waals surface area (Å²) in [7, 11) is 0. The average Bonchev–Trinajstić information content (AvgIpc) is 3.26. The molecule has 7 N–H and O–H groups in total. The molecule has 0 fully saturated rings. The molecule has 0 bridgehead atoms. The van der Waals surface area contributed by atoms with Gasteiger partial charge in [0.15, 0.2) is 11.2 Å². The Morgan fingerprint density at radius 3 is 1.87 bits per heavy atom. The monoisotopic (exact) mass is 537 g/mol. The van der Waals surface area contributed by atoms with Crippen LogP contribution in [0.4, 0.5) is 5.95 Å². The maximum absolute atomic E-state index is 12.9. The van der Waals surface area contributed by atoms with Crippen LogP contribution in [0.25, 0.3) is 11.2 Å². The zero-order chi connectivity index (χ0) is 28.3. The number of rotatable bonds is 17. The number of imidazole rings is 1. The van der Waals surface area contributed by atoms with E-state index in [9.17, 15) is 14.4 Å². The summed E-state index contributed by atoms with van der Waals surface area (Å²) in [4.78, 5) is 48.4.